The molecule has 0 heterocycles. The summed E-state index contributed by atoms with van der Waals surface area (Å²) in [7, 11) is 0. The normalized spacial score (nSPS) is 13.3. The summed E-state index contributed by atoms with van der Waals surface area (Å²) in [5.41, 5.74) is 6.77. The van der Waals surface area contributed by atoms with Crippen molar-refractivity contribution in [3.8, 4) is 5.75 Å². The van der Waals surface area contributed by atoms with E-state index >= 15 is 0 Å². The summed E-state index contributed by atoms with van der Waals surface area (Å²) in [6.07, 6.45) is -3.55. The molecule has 19 heavy (non-hydrogen) atoms. The average Bonchev–Trinajstić information content (AvgIpc) is 2.36. The molecular weight excluding hydrogens is 259 g/mol. The Morgan fingerprint density at radius 3 is 2.53 bits per heavy atom. The molecule has 1 aromatic carbocycles. The number of ether oxygens (including phenoxy) is 2. The summed E-state index contributed by atoms with van der Waals surface area (Å²) in [6, 6.07) is 7.08. The lowest BCUT2D eigenvalue weighted by Gasteiger charge is -2.15. The van der Waals surface area contributed by atoms with Gasteiger partial charge >= 0.3 is 6.18 Å². The number of para-hydroxylation sites is 1. The molecule has 0 fully saturated rings. The van der Waals surface area contributed by atoms with Crippen LogP contribution in [-0.4, -0.2) is 26.0 Å². The number of alkyl halides is 3. The lowest BCUT2D eigenvalue weighted by molar-refractivity contribution is -0.175. The van der Waals surface area contributed by atoms with Gasteiger partial charge in [0, 0.05) is 11.6 Å². The van der Waals surface area contributed by atoms with Crippen LogP contribution in [0.25, 0.3) is 0 Å². The highest BCUT2D eigenvalue weighted by Gasteiger charge is 2.27. The summed E-state index contributed by atoms with van der Waals surface area (Å²) >= 11 is 0. The van der Waals surface area contributed by atoms with Gasteiger partial charge in [0.2, 0.25) is 0 Å². The van der Waals surface area contributed by atoms with Crippen molar-refractivity contribution in [1.29, 1.82) is 0 Å². The van der Waals surface area contributed by atoms with Crippen LogP contribution in [0.2, 0.25) is 0 Å². The molecule has 1 unspecified atom stereocenters. The van der Waals surface area contributed by atoms with Crippen molar-refractivity contribution in [2.75, 3.05) is 19.8 Å². The number of benzene rings is 1. The van der Waals surface area contributed by atoms with Crippen LogP contribution in [0.5, 0.6) is 5.75 Å². The van der Waals surface area contributed by atoms with Crippen molar-refractivity contribution >= 4 is 0 Å². The minimum Gasteiger partial charge on any atom is -0.491 e. The third kappa shape index (κ3) is 5.94. The Morgan fingerprint density at radius 2 is 1.89 bits per heavy atom. The second-order valence-electron chi connectivity index (χ2n) is 4.07. The van der Waals surface area contributed by atoms with E-state index in [0.29, 0.717) is 5.75 Å². The van der Waals surface area contributed by atoms with Gasteiger partial charge in [-0.3, -0.25) is 0 Å². The molecule has 6 heteroatoms. The number of halogens is 3. The van der Waals surface area contributed by atoms with Crippen molar-refractivity contribution in [2.24, 2.45) is 5.73 Å². The molecule has 0 bridgehead atoms. The zero-order chi connectivity index (χ0) is 14.3. The Morgan fingerprint density at radius 1 is 1.21 bits per heavy atom. The van der Waals surface area contributed by atoms with Gasteiger partial charge in [-0.1, -0.05) is 25.1 Å². The largest absolute Gasteiger partial charge is 0.491 e. The topological polar surface area (TPSA) is 44.5 Å². The highest BCUT2D eigenvalue weighted by Crippen LogP contribution is 2.25. The van der Waals surface area contributed by atoms with E-state index in [4.69, 9.17) is 10.5 Å². The lowest BCUT2D eigenvalue weighted by Crippen LogP contribution is -2.20. The van der Waals surface area contributed by atoms with Crippen LogP contribution >= 0.6 is 0 Å². The van der Waals surface area contributed by atoms with E-state index in [0.717, 1.165) is 12.0 Å². The van der Waals surface area contributed by atoms with Crippen LogP contribution < -0.4 is 10.5 Å². The quantitative estimate of drug-likeness (QED) is 0.779. The van der Waals surface area contributed by atoms with E-state index in [9.17, 15) is 13.2 Å². The summed E-state index contributed by atoms with van der Waals surface area (Å²) in [4.78, 5) is 0. The maximum absolute atomic E-state index is 11.8. The van der Waals surface area contributed by atoms with Gasteiger partial charge in [0.1, 0.15) is 19.0 Å². The van der Waals surface area contributed by atoms with Gasteiger partial charge in [-0.2, -0.15) is 13.2 Å². The molecule has 0 saturated carbocycles. The van der Waals surface area contributed by atoms with Gasteiger partial charge in [0.05, 0.1) is 6.61 Å². The van der Waals surface area contributed by atoms with Gasteiger partial charge in [-0.25, -0.2) is 0 Å². The molecule has 0 amide bonds. The molecule has 0 saturated heterocycles. The third-order valence-corrected chi connectivity index (χ3v) is 2.51. The molecule has 0 radical (unpaired) electrons. The molecule has 3 nitrogen and oxygen atoms in total. The smallest absolute Gasteiger partial charge is 0.411 e. The van der Waals surface area contributed by atoms with Gasteiger partial charge < -0.3 is 15.2 Å². The first-order valence-electron chi connectivity index (χ1n) is 6.06. The van der Waals surface area contributed by atoms with E-state index in [2.05, 4.69) is 4.74 Å². The predicted octanol–water partition coefficient (Wildman–Crippen LogP) is 3.05. The molecule has 1 atom stereocenters. The van der Waals surface area contributed by atoms with Crippen molar-refractivity contribution < 1.29 is 22.6 Å². The second kappa shape index (κ2) is 7.35. The molecule has 0 aliphatic heterocycles. The summed E-state index contributed by atoms with van der Waals surface area (Å²) in [5, 5.41) is 0. The molecule has 0 aliphatic rings. The van der Waals surface area contributed by atoms with Gasteiger partial charge in [-0.05, 0) is 12.5 Å². The summed E-state index contributed by atoms with van der Waals surface area (Å²) in [6.45, 7) is 0.638. The third-order valence-electron chi connectivity index (χ3n) is 2.51. The van der Waals surface area contributed by atoms with Crippen molar-refractivity contribution in [3.05, 3.63) is 29.8 Å². The average molecular weight is 277 g/mol. The molecule has 0 aromatic heterocycles. The van der Waals surface area contributed by atoms with Crippen molar-refractivity contribution in [2.45, 2.75) is 25.6 Å². The summed E-state index contributed by atoms with van der Waals surface area (Å²) in [5.74, 6) is 0.590. The molecule has 0 aliphatic carbocycles. The van der Waals surface area contributed by atoms with Gasteiger partial charge in [0.15, 0.2) is 0 Å². The lowest BCUT2D eigenvalue weighted by atomic mass is 10.0. The number of hydrogen-bond acceptors (Lipinski definition) is 3. The predicted molar refractivity (Wildman–Crippen MR) is 66.0 cm³/mol. The SMILES string of the molecule is CCC(N)c1ccccc1OCCOCC(F)(F)F. The van der Waals surface area contributed by atoms with E-state index in [1.807, 2.05) is 19.1 Å². The fourth-order valence-corrected chi connectivity index (χ4v) is 1.54. The van der Waals surface area contributed by atoms with Crippen LogP contribution in [0.15, 0.2) is 24.3 Å². The van der Waals surface area contributed by atoms with Gasteiger partial charge in [0.25, 0.3) is 0 Å². The molecular formula is C13H18F3NO2. The Bertz CT molecular complexity index is 382. The zero-order valence-corrected chi connectivity index (χ0v) is 10.7. The number of hydrogen-bond donors (Lipinski definition) is 1. The Labute approximate surface area is 110 Å². The standard InChI is InChI=1S/C13H18F3NO2/c1-2-11(17)10-5-3-4-6-12(10)19-8-7-18-9-13(14,15)16/h3-6,11H,2,7-9,17H2,1H3. The van der Waals surface area contributed by atoms with Crippen molar-refractivity contribution in [3.63, 3.8) is 0 Å². The highest BCUT2D eigenvalue weighted by molar-refractivity contribution is 5.35. The number of rotatable bonds is 7. The van der Waals surface area contributed by atoms with Crippen LogP contribution in [0.4, 0.5) is 13.2 Å². The second-order valence-corrected chi connectivity index (χ2v) is 4.07. The summed E-state index contributed by atoms with van der Waals surface area (Å²) < 4.78 is 45.4. The monoisotopic (exact) mass is 277 g/mol. The molecule has 108 valence electrons. The van der Waals surface area contributed by atoms with E-state index in [1.165, 1.54) is 0 Å². The van der Waals surface area contributed by atoms with E-state index in [1.54, 1.807) is 12.1 Å². The van der Waals surface area contributed by atoms with E-state index in [-0.39, 0.29) is 19.3 Å². The molecule has 1 aromatic rings. The molecule has 2 N–H and O–H groups in total. The van der Waals surface area contributed by atoms with Crippen LogP contribution in [0.3, 0.4) is 0 Å². The molecule has 1 rings (SSSR count). The highest BCUT2D eigenvalue weighted by atomic mass is 19.4. The minimum atomic E-state index is -4.30. The Kier molecular flexibility index (Phi) is 6.11. The zero-order valence-electron chi connectivity index (χ0n) is 10.7. The maximum Gasteiger partial charge on any atom is 0.411 e. The first kappa shape index (κ1) is 15.8. The number of nitrogens with two attached hydrogens (primary N) is 1. The Balaban J connectivity index is 2.41. The minimum absolute atomic E-state index is 0.0591. The fourth-order valence-electron chi connectivity index (χ4n) is 1.54. The van der Waals surface area contributed by atoms with Crippen LogP contribution in [0, 0.1) is 0 Å². The fraction of sp³-hybridized carbons (Fsp3) is 0.538. The first-order chi connectivity index (χ1) is 8.94. The van der Waals surface area contributed by atoms with Crippen LogP contribution in [0.1, 0.15) is 24.9 Å². The van der Waals surface area contributed by atoms with Crippen molar-refractivity contribution in [1.82, 2.24) is 0 Å². The Hall–Kier alpha value is -1.27. The maximum atomic E-state index is 11.8. The van der Waals surface area contributed by atoms with Crippen LogP contribution in [-0.2, 0) is 4.74 Å². The van der Waals surface area contributed by atoms with E-state index < -0.39 is 12.8 Å². The first-order valence-corrected chi connectivity index (χ1v) is 6.06. The van der Waals surface area contributed by atoms with Gasteiger partial charge in [-0.15, -0.1) is 0 Å². The molecule has 0 spiro atoms.